The molecule has 16 heavy (non-hydrogen) atoms. The molecule has 0 aliphatic carbocycles. The molecular formula is C10H10F2N2O2. The van der Waals surface area contributed by atoms with Gasteiger partial charge < -0.3 is 5.11 Å². The third kappa shape index (κ3) is 1.95. The highest BCUT2D eigenvalue weighted by Crippen LogP contribution is 2.33. The van der Waals surface area contributed by atoms with Crippen molar-refractivity contribution in [1.82, 2.24) is 9.88 Å². The fraction of sp³-hybridized carbons (Fsp3) is 0.400. The van der Waals surface area contributed by atoms with Crippen LogP contribution in [0.2, 0.25) is 0 Å². The molecular weight excluding hydrogens is 218 g/mol. The highest BCUT2D eigenvalue weighted by Gasteiger charge is 2.36. The van der Waals surface area contributed by atoms with Gasteiger partial charge in [0.05, 0.1) is 18.8 Å². The molecule has 4 nitrogen and oxygen atoms in total. The van der Waals surface area contributed by atoms with Gasteiger partial charge in [-0.05, 0) is 11.6 Å². The number of rotatable bonds is 1. The molecule has 1 amide bonds. The molecule has 0 aromatic carbocycles. The van der Waals surface area contributed by atoms with Crippen LogP contribution in [0.3, 0.4) is 0 Å². The molecule has 2 atom stereocenters. The van der Waals surface area contributed by atoms with E-state index in [0.717, 1.165) is 11.1 Å². The second kappa shape index (κ2) is 4.03. The van der Waals surface area contributed by atoms with E-state index in [4.69, 9.17) is 5.11 Å². The van der Waals surface area contributed by atoms with Gasteiger partial charge in [0.2, 0.25) is 0 Å². The van der Waals surface area contributed by atoms with E-state index in [0.29, 0.717) is 5.56 Å². The first-order chi connectivity index (χ1) is 7.58. The standard InChI is InChI=1S/C10H10F2N2O2/c11-7-1-6(3-13-4-7)9-2-8(12)5-14(9)10(15)16/h1,3-4,8-9H,2,5H2,(H,15,16)/t8-,9+/m0/s1. The maximum Gasteiger partial charge on any atom is 0.407 e. The molecule has 1 aliphatic rings. The summed E-state index contributed by atoms with van der Waals surface area (Å²) < 4.78 is 26.1. The number of aromatic nitrogens is 1. The van der Waals surface area contributed by atoms with Gasteiger partial charge in [-0.3, -0.25) is 9.88 Å². The Morgan fingerprint density at radius 3 is 2.94 bits per heavy atom. The minimum Gasteiger partial charge on any atom is -0.465 e. The van der Waals surface area contributed by atoms with E-state index in [-0.39, 0.29) is 13.0 Å². The average Bonchev–Trinajstić information content (AvgIpc) is 2.60. The molecule has 1 saturated heterocycles. The summed E-state index contributed by atoms with van der Waals surface area (Å²) in [4.78, 5) is 15.5. The van der Waals surface area contributed by atoms with Crippen LogP contribution in [-0.4, -0.2) is 33.8 Å². The van der Waals surface area contributed by atoms with E-state index in [2.05, 4.69) is 4.98 Å². The molecule has 0 saturated carbocycles. The van der Waals surface area contributed by atoms with Crippen molar-refractivity contribution >= 4 is 6.09 Å². The lowest BCUT2D eigenvalue weighted by Crippen LogP contribution is -2.29. The molecule has 86 valence electrons. The molecule has 1 N–H and O–H groups in total. The zero-order valence-corrected chi connectivity index (χ0v) is 8.31. The van der Waals surface area contributed by atoms with Gasteiger partial charge in [-0.25, -0.2) is 13.6 Å². The Morgan fingerprint density at radius 1 is 1.56 bits per heavy atom. The molecule has 1 aromatic heterocycles. The van der Waals surface area contributed by atoms with E-state index in [1.807, 2.05) is 0 Å². The van der Waals surface area contributed by atoms with Crippen molar-refractivity contribution in [3.63, 3.8) is 0 Å². The van der Waals surface area contributed by atoms with Crippen LogP contribution in [0.5, 0.6) is 0 Å². The Morgan fingerprint density at radius 2 is 2.31 bits per heavy atom. The van der Waals surface area contributed by atoms with Gasteiger partial charge in [0.25, 0.3) is 0 Å². The molecule has 0 bridgehead atoms. The van der Waals surface area contributed by atoms with Gasteiger partial charge in [-0.15, -0.1) is 0 Å². The Bertz CT molecular complexity index is 414. The zero-order valence-electron chi connectivity index (χ0n) is 8.31. The van der Waals surface area contributed by atoms with Crippen molar-refractivity contribution < 1.29 is 18.7 Å². The number of carbonyl (C=O) groups is 1. The first kappa shape index (κ1) is 10.8. The van der Waals surface area contributed by atoms with Crippen LogP contribution in [0.25, 0.3) is 0 Å². The van der Waals surface area contributed by atoms with Crippen molar-refractivity contribution in [3.8, 4) is 0 Å². The molecule has 0 unspecified atom stereocenters. The van der Waals surface area contributed by atoms with Gasteiger partial charge in [0.1, 0.15) is 12.0 Å². The van der Waals surface area contributed by atoms with Crippen LogP contribution in [-0.2, 0) is 0 Å². The van der Waals surface area contributed by atoms with Crippen LogP contribution in [0.15, 0.2) is 18.5 Å². The van der Waals surface area contributed by atoms with Crippen LogP contribution >= 0.6 is 0 Å². The van der Waals surface area contributed by atoms with Gasteiger partial charge in [0.15, 0.2) is 0 Å². The number of halogens is 2. The average molecular weight is 228 g/mol. The molecule has 1 aliphatic heterocycles. The summed E-state index contributed by atoms with van der Waals surface area (Å²) >= 11 is 0. The highest BCUT2D eigenvalue weighted by molar-refractivity contribution is 5.66. The fourth-order valence-corrected chi connectivity index (χ4v) is 1.92. The first-order valence-corrected chi connectivity index (χ1v) is 4.82. The van der Waals surface area contributed by atoms with Crippen molar-refractivity contribution in [1.29, 1.82) is 0 Å². The maximum absolute atomic E-state index is 13.2. The number of likely N-dealkylation sites (tertiary alicyclic amines) is 1. The summed E-state index contributed by atoms with van der Waals surface area (Å²) in [6.45, 7) is -0.170. The lowest BCUT2D eigenvalue weighted by molar-refractivity contribution is 0.138. The SMILES string of the molecule is O=C(O)N1C[C@@H](F)C[C@@H]1c1cncc(F)c1. The molecule has 0 spiro atoms. The van der Waals surface area contributed by atoms with Crippen molar-refractivity contribution in [2.75, 3.05) is 6.54 Å². The van der Waals surface area contributed by atoms with Gasteiger partial charge in [0, 0.05) is 12.6 Å². The summed E-state index contributed by atoms with van der Waals surface area (Å²) in [7, 11) is 0. The van der Waals surface area contributed by atoms with Crippen molar-refractivity contribution in [3.05, 3.63) is 29.8 Å². The summed E-state index contributed by atoms with van der Waals surface area (Å²) in [5.74, 6) is -0.551. The number of hydrogen-bond donors (Lipinski definition) is 1. The number of carboxylic acid groups (broad SMARTS) is 1. The first-order valence-electron chi connectivity index (χ1n) is 4.82. The lowest BCUT2D eigenvalue weighted by atomic mass is 10.1. The zero-order chi connectivity index (χ0) is 11.7. The van der Waals surface area contributed by atoms with Gasteiger partial charge >= 0.3 is 6.09 Å². The van der Waals surface area contributed by atoms with E-state index < -0.39 is 24.1 Å². The molecule has 2 rings (SSSR count). The third-order valence-corrected chi connectivity index (χ3v) is 2.61. The lowest BCUT2D eigenvalue weighted by Gasteiger charge is -2.20. The summed E-state index contributed by atoms with van der Waals surface area (Å²) in [5, 5.41) is 8.88. The summed E-state index contributed by atoms with van der Waals surface area (Å²) in [6.07, 6.45) is 0.0362. The smallest absolute Gasteiger partial charge is 0.407 e. The maximum atomic E-state index is 13.2. The van der Waals surface area contributed by atoms with E-state index in [1.165, 1.54) is 12.3 Å². The second-order valence-corrected chi connectivity index (χ2v) is 3.72. The summed E-state index contributed by atoms with van der Waals surface area (Å²) in [6, 6.07) is 0.543. The Labute approximate surface area is 90.5 Å². The highest BCUT2D eigenvalue weighted by atomic mass is 19.1. The number of amides is 1. The Balaban J connectivity index is 2.28. The van der Waals surface area contributed by atoms with E-state index in [1.54, 1.807) is 0 Å². The second-order valence-electron chi connectivity index (χ2n) is 3.72. The van der Waals surface area contributed by atoms with Crippen molar-refractivity contribution in [2.24, 2.45) is 0 Å². The number of pyridine rings is 1. The third-order valence-electron chi connectivity index (χ3n) is 2.61. The Hall–Kier alpha value is -1.72. The largest absolute Gasteiger partial charge is 0.465 e. The number of hydrogen-bond acceptors (Lipinski definition) is 2. The summed E-state index contributed by atoms with van der Waals surface area (Å²) in [5.41, 5.74) is 0.391. The number of nitrogens with zero attached hydrogens (tertiary/aromatic N) is 2. The topological polar surface area (TPSA) is 53.4 Å². The minimum absolute atomic E-state index is 0.0530. The molecule has 1 fully saturated rings. The van der Waals surface area contributed by atoms with E-state index in [9.17, 15) is 13.6 Å². The monoisotopic (exact) mass is 228 g/mol. The molecule has 6 heteroatoms. The molecule has 0 radical (unpaired) electrons. The molecule has 2 heterocycles. The minimum atomic E-state index is -1.20. The van der Waals surface area contributed by atoms with E-state index >= 15 is 0 Å². The van der Waals surface area contributed by atoms with Crippen molar-refractivity contribution in [2.45, 2.75) is 18.6 Å². The van der Waals surface area contributed by atoms with Crippen LogP contribution in [0.1, 0.15) is 18.0 Å². The van der Waals surface area contributed by atoms with Crippen LogP contribution < -0.4 is 0 Å². The van der Waals surface area contributed by atoms with Crippen LogP contribution in [0, 0.1) is 5.82 Å². The quantitative estimate of drug-likeness (QED) is 0.799. The Kier molecular flexibility index (Phi) is 2.72. The molecule has 1 aromatic rings. The van der Waals surface area contributed by atoms with Gasteiger partial charge in [-0.2, -0.15) is 0 Å². The normalized spacial score (nSPS) is 24.8. The predicted molar refractivity (Wildman–Crippen MR) is 51.2 cm³/mol. The fourth-order valence-electron chi connectivity index (χ4n) is 1.92. The van der Waals surface area contributed by atoms with Crippen LogP contribution in [0.4, 0.5) is 13.6 Å². The van der Waals surface area contributed by atoms with Gasteiger partial charge in [-0.1, -0.05) is 0 Å². The number of alkyl halides is 1. The predicted octanol–water partition coefficient (Wildman–Crippen LogP) is 1.98.